The Morgan fingerprint density at radius 1 is 1.03 bits per heavy atom. The summed E-state index contributed by atoms with van der Waals surface area (Å²) in [6, 6.07) is 17.4. The van der Waals surface area contributed by atoms with Crippen LogP contribution in [0.15, 0.2) is 66.4 Å². The van der Waals surface area contributed by atoms with Crippen LogP contribution in [0.25, 0.3) is 0 Å². The second-order valence-electron chi connectivity index (χ2n) is 7.69. The van der Waals surface area contributed by atoms with Crippen molar-refractivity contribution in [2.24, 2.45) is 11.8 Å². The van der Waals surface area contributed by atoms with Crippen molar-refractivity contribution in [1.29, 1.82) is 0 Å². The van der Waals surface area contributed by atoms with Gasteiger partial charge in [0.2, 0.25) is 11.8 Å². The van der Waals surface area contributed by atoms with E-state index in [0.29, 0.717) is 17.8 Å². The molecule has 0 unspecified atom stereocenters. The van der Waals surface area contributed by atoms with E-state index in [0.717, 1.165) is 12.0 Å². The average Bonchev–Trinajstić information content (AvgIpc) is 2.74. The molecule has 3 atom stereocenters. The van der Waals surface area contributed by atoms with Crippen LogP contribution in [0, 0.1) is 11.8 Å². The minimum Gasteiger partial charge on any atom is -0.329 e. The van der Waals surface area contributed by atoms with Crippen molar-refractivity contribution in [3.8, 4) is 0 Å². The number of carbonyl (C=O) groups excluding carboxylic acids is 3. The van der Waals surface area contributed by atoms with Crippen molar-refractivity contribution < 1.29 is 14.4 Å². The van der Waals surface area contributed by atoms with Gasteiger partial charge in [0.25, 0.3) is 0 Å². The van der Waals surface area contributed by atoms with E-state index in [2.05, 4.69) is 17.6 Å². The number of nitrogens with one attached hydrogen (secondary N) is 2. The first-order valence-electron chi connectivity index (χ1n) is 10.0. The highest BCUT2D eigenvalue weighted by Gasteiger charge is 2.44. The summed E-state index contributed by atoms with van der Waals surface area (Å²) in [4.78, 5) is 38.2. The number of anilines is 1. The first-order valence-corrected chi connectivity index (χ1v) is 10.0. The Labute approximate surface area is 170 Å². The van der Waals surface area contributed by atoms with Crippen molar-refractivity contribution in [3.63, 3.8) is 0 Å². The number of hydrogen-bond acceptors (Lipinski definition) is 3. The van der Waals surface area contributed by atoms with Gasteiger partial charge in [-0.1, -0.05) is 55.5 Å². The van der Waals surface area contributed by atoms with Gasteiger partial charge in [-0.2, -0.15) is 0 Å². The van der Waals surface area contributed by atoms with Crippen LogP contribution < -0.4 is 10.6 Å². The Morgan fingerprint density at radius 3 is 2.45 bits per heavy atom. The summed E-state index contributed by atoms with van der Waals surface area (Å²) >= 11 is 0. The summed E-state index contributed by atoms with van der Waals surface area (Å²) in [6.07, 6.45) is 3.21. The number of carbonyl (C=O) groups is 3. The Hall–Kier alpha value is -3.21. The van der Waals surface area contributed by atoms with E-state index in [9.17, 15) is 14.4 Å². The van der Waals surface area contributed by atoms with Gasteiger partial charge in [0.1, 0.15) is 5.78 Å². The molecule has 1 saturated heterocycles. The number of amides is 2. The van der Waals surface area contributed by atoms with Gasteiger partial charge in [-0.05, 0) is 29.7 Å². The van der Waals surface area contributed by atoms with Crippen LogP contribution in [-0.4, -0.2) is 17.6 Å². The molecule has 4 rings (SSSR count). The maximum Gasteiger partial charge on any atom is 0.229 e. The molecule has 1 fully saturated rings. The first kappa shape index (κ1) is 19.1. The van der Waals surface area contributed by atoms with Crippen molar-refractivity contribution >= 4 is 23.3 Å². The Balaban J connectivity index is 1.57. The number of rotatable bonds is 4. The van der Waals surface area contributed by atoms with Crippen molar-refractivity contribution in [2.75, 3.05) is 5.32 Å². The fourth-order valence-electron chi connectivity index (χ4n) is 4.20. The fraction of sp³-hybridized carbons (Fsp3) is 0.292. The van der Waals surface area contributed by atoms with Gasteiger partial charge in [0.05, 0.1) is 11.8 Å². The molecule has 148 valence electrons. The molecular weight excluding hydrogens is 364 g/mol. The molecule has 2 aliphatic rings. The van der Waals surface area contributed by atoms with E-state index in [1.54, 1.807) is 0 Å². The van der Waals surface area contributed by atoms with Crippen molar-refractivity contribution in [2.45, 2.75) is 32.1 Å². The van der Waals surface area contributed by atoms with Crippen LogP contribution in [0.2, 0.25) is 0 Å². The molecule has 1 heterocycles. The smallest absolute Gasteiger partial charge is 0.229 e. The fourth-order valence-corrected chi connectivity index (χ4v) is 4.20. The number of hydrogen-bond donors (Lipinski definition) is 2. The van der Waals surface area contributed by atoms with Gasteiger partial charge in [-0.3, -0.25) is 14.4 Å². The highest BCUT2D eigenvalue weighted by molar-refractivity contribution is 6.02. The molecule has 2 amide bonds. The summed E-state index contributed by atoms with van der Waals surface area (Å²) in [5, 5.41) is 5.72. The topological polar surface area (TPSA) is 75.3 Å². The lowest BCUT2D eigenvalue weighted by atomic mass is 9.72. The van der Waals surface area contributed by atoms with Crippen LogP contribution in [0.3, 0.4) is 0 Å². The Bertz CT molecular complexity index is 963. The van der Waals surface area contributed by atoms with Gasteiger partial charge < -0.3 is 10.6 Å². The maximum absolute atomic E-state index is 13.0. The molecule has 0 spiro atoms. The zero-order valence-corrected chi connectivity index (χ0v) is 16.4. The number of Topliss-reactive ketones (excluding diaryl/α,β-unsaturated/α-hetero) is 1. The number of benzene rings is 2. The van der Waals surface area contributed by atoms with E-state index < -0.39 is 11.8 Å². The number of allylic oxidation sites excluding steroid dienone is 2. The predicted octanol–water partition coefficient (Wildman–Crippen LogP) is 3.58. The summed E-state index contributed by atoms with van der Waals surface area (Å²) in [6.45, 7) is 2.07. The van der Waals surface area contributed by atoms with Crippen LogP contribution >= 0.6 is 0 Å². The molecule has 1 aliphatic heterocycles. The summed E-state index contributed by atoms with van der Waals surface area (Å²) in [5.41, 5.74) is 3.45. The molecule has 5 nitrogen and oxygen atoms in total. The lowest BCUT2D eigenvalue weighted by Crippen LogP contribution is -2.48. The zero-order chi connectivity index (χ0) is 20.4. The van der Waals surface area contributed by atoms with Crippen molar-refractivity contribution in [3.05, 3.63) is 77.5 Å². The normalized spacial score (nSPS) is 23.6. The molecule has 0 saturated carbocycles. The van der Waals surface area contributed by atoms with Crippen LogP contribution in [0.4, 0.5) is 5.69 Å². The van der Waals surface area contributed by atoms with Gasteiger partial charge in [0, 0.05) is 30.1 Å². The monoisotopic (exact) mass is 388 g/mol. The third-order valence-corrected chi connectivity index (χ3v) is 5.77. The van der Waals surface area contributed by atoms with E-state index in [1.807, 2.05) is 60.7 Å². The summed E-state index contributed by atoms with van der Waals surface area (Å²) in [7, 11) is 0. The molecule has 2 aromatic rings. The molecule has 2 N–H and O–H groups in total. The SMILES string of the molecule is CCc1ccc(NC(=O)[C@@H]2CC(=O)NC3=C[C@@H](c4ccccc4)CC(=O)[C@H]32)cc1. The third kappa shape index (κ3) is 3.99. The van der Waals surface area contributed by atoms with E-state index in [-0.39, 0.29) is 29.9 Å². The van der Waals surface area contributed by atoms with Gasteiger partial charge >= 0.3 is 0 Å². The lowest BCUT2D eigenvalue weighted by Gasteiger charge is -2.36. The third-order valence-electron chi connectivity index (χ3n) is 5.77. The number of ketones is 1. The predicted molar refractivity (Wildman–Crippen MR) is 111 cm³/mol. The quantitative estimate of drug-likeness (QED) is 0.841. The zero-order valence-electron chi connectivity index (χ0n) is 16.4. The highest BCUT2D eigenvalue weighted by Crippen LogP contribution is 2.38. The molecule has 0 bridgehead atoms. The Kier molecular flexibility index (Phi) is 5.30. The second kappa shape index (κ2) is 8.03. The highest BCUT2D eigenvalue weighted by atomic mass is 16.2. The number of fused-ring (bicyclic) bond motifs is 1. The number of piperidine rings is 1. The van der Waals surface area contributed by atoms with Crippen LogP contribution in [0.5, 0.6) is 0 Å². The molecule has 1 aliphatic carbocycles. The minimum absolute atomic E-state index is 0.00201. The molecule has 5 heteroatoms. The van der Waals surface area contributed by atoms with E-state index in [4.69, 9.17) is 0 Å². The minimum atomic E-state index is -0.690. The molecular formula is C24H24N2O3. The Morgan fingerprint density at radius 2 is 1.76 bits per heavy atom. The van der Waals surface area contributed by atoms with Crippen molar-refractivity contribution in [1.82, 2.24) is 5.32 Å². The van der Waals surface area contributed by atoms with Crippen LogP contribution in [0.1, 0.15) is 36.8 Å². The standard InChI is InChI=1S/C24H24N2O3/c1-2-15-8-10-18(11-9-15)25-24(29)19-14-22(28)26-20-12-17(13-21(27)23(19)20)16-6-4-3-5-7-16/h3-12,17,19,23H,2,13-14H2,1H3,(H,25,29)(H,26,28)/t17-,19-,23+/m1/s1. The number of aryl methyl sites for hydroxylation is 1. The van der Waals surface area contributed by atoms with Gasteiger partial charge in [0.15, 0.2) is 0 Å². The van der Waals surface area contributed by atoms with Gasteiger partial charge in [-0.15, -0.1) is 0 Å². The van der Waals surface area contributed by atoms with E-state index in [1.165, 1.54) is 5.56 Å². The maximum atomic E-state index is 13.0. The summed E-state index contributed by atoms with van der Waals surface area (Å²) in [5.74, 6) is -1.88. The second-order valence-corrected chi connectivity index (χ2v) is 7.69. The lowest BCUT2D eigenvalue weighted by molar-refractivity contribution is -0.136. The molecule has 0 aromatic heterocycles. The largest absolute Gasteiger partial charge is 0.329 e. The first-order chi connectivity index (χ1) is 14.0. The average molecular weight is 388 g/mol. The molecule has 29 heavy (non-hydrogen) atoms. The molecule has 2 aromatic carbocycles. The van der Waals surface area contributed by atoms with Crippen LogP contribution in [-0.2, 0) is 20.8 Å². The summed E-state index contributed by atoms with van der Waals surface area (Å²) < 4.78 is 0. The molecule has 0 radical (unpaired) electrons. The van der Waals surface area contributed by atoms with Gasteiger partial charge in [-0.25, -0.2) is 0 Å². The van der Waals surface area contributed by atoms with E-state index >= 15 is 0 Å².